The molecule has 0 aliphatic carbocycles. The van der Waals surface area contributed by atoms with Gasteiger partial charge in [-0.3, -0.25) is 9.36 Å². The van der Waals surface area contributed by atoms with E-state index < -0.39 is 0 Å². The monoisotopic (exact) mass is 454 g/mol. The summed E-state index contributed by atoms with van der Waals surface area (Å²) < 4.78 is 8.83. The molecule has 0 N–H and O–H groups in total. The van der Waals surface area contributed by atoms with Crippen LogP contribution in [0, 0.1) is 0 Å². The number of aryl methyl sites for hydroxylation is 1. The number of aromatic nitrogens is 4. The van der Waals surface area contributed by atoms with Gasteiger partial charge in [-0.25, -0.2) is 9.97 Å². The van der Waals surface area contributed by atoms with Crippen LogP contribution in [0.15, 0.2) is 59.9 Å². The van der Waals surface area contributed by atoms with Crippen LogP contribution < -0.4 is 10.3 Å². The predicted octanol–water partition coefficient (Wildman–Crippen LogP) is 5.17. The molecule has 0 aliphatic rings. The van der Waals surface area contributed by atoms with Crippen LogP contribution in [0.2, 0.25) is 10.0 Å². The Morgan fingerprint density at radius 2 is 1.90 bits per heavy atom. The van der Waals surface area contributed by atoms with Crippen LogP contribution in [0.1, 0.15) is 17.8 Å². The van der Waals surface area contributed by atoms with Gasteiger partial charge in [-0.2, -0.15) is 0 Å². The first-order chi connectivity index (χ1) is 15.0. The van der Waals surface area contributed by atoms with Gasteiger partial charge >= 0.3 is 0 Å². The molecule has 0 atom stereocenters. The van der Waals surface area contributed by atoms with Crippen molar-refractivity contribution in [2.45, 2.75) is 19.5 Å². The lowest BCUT2D eigenvalue weighted by Crippen LogP contribution is -2.24. The van der Waals surface area contributed by atoms with Gasteiger partial charge in [0.25, 0.3) is 5.56 Å². The number of methoxy groups -OCH3 is 1. The minimum atomic E-state index is -0.172. The number of imidazole rings is 1. The molecule has 0 fully saturated rings. The minimum absolute atomic E-state index is 0.172. The molecular formula is C23H20Cl2N4O2. The van der Waals surface area contributed by atoms with E-state index in [1.165, 1.54) is 0 Å². The summed E-state index contributed by atoms with van der Waals surface area (Å²) in [5.74, 6) is 1.31. The number of fused-ring (bicyclic) bond motifs is 1. The molecule has 0 unspecified atom stereocenters. The maximum atomic E-state index is 13.3. The Balaban J connectivity index is 1.72. The average Bonchev–Trinajstić information content (AvgIpc) is 3.28. The molecule has 0 bridgehead atoms. The zero-order valence-corrected chi connectivity index (χ0v) is 18.3. The highest BCUT2D eigenvalue weighted by molar-refractivity contribution is 6.38. The first kappa shape index (κ1) is 21.2. The molecule has 0 aliphatic heterocycles. The summed E-state index contributed by atoms with van der Waals surface area (Å²) in [4.78, 5) is 22.0. The molecule has 0 radical (unpaired) electrons. The Morgan fingerprint density at radius 3 is 2.61 bits per heavy atom. The lowest BCUT2D eigenvalue weighted by Gasteiger charge is -2.12. The Labute approximate surface area is 189 Å². The number of nitrogens with zero attached hydrogens (tertiary/aromatic N) is 4. The number of rotatable bonds is 7. The molecule has 2 aromatic heterocycles. The third kappa shape index (κ3) is 4.81. The lowest BCUT2D eigenvalue weighted by atomic mass is 10.2. The van der Waals surface area contributed by atoms with E-state index in [2.05, 4.69) is 9.97 Å². The predicted molar refractivity (Wildman–Crippen MR) is 125 cm³/mol. The van der Waals surface area contributed by atoms with Crippen LogP contribution in [0.3, 0.4) is 0 Å². The van der Waals surface area contributed by atoms with Crippen LogP contribution in [0.25, 0.3) is 23.1 Å². The van der Waals surface area contributed by atoms with E-state index in [-0.39, 0.29) is 5.56 Å². The molecule has 2 heterocycles. The summed E-state index contributed by atoms with van der Waals surface area (Å²) in [6, 6.07) is 10.8. The molecule has 4 aromatic rings. The van der Waals surface area contributed by atoms with Crippen molar-refractivity contribution < 1.29 is 4.74 Å². The van der Waals surface area contributed by atoms with Crippen molar-refractivity contribution in [1.82, 2.24) is 19.1 Å². The molecule has 31 heavy (non-hydrogen) atoms. The summed E-state index contributed by atoms with van der Waals surface area (Å²) >= 11 is 12.5. The largest absolute Gasteiger partial charge is 0.497 e. The quantitative estimate of drug-likeness (QED) is 0.386. The van der Waals surface area contributed by atoms with E-state index in [0.29, 0.717) is 33.3 Å². The molecular weight excluding hydrogens is 435 g/mol. The zero-order valence-electron chi connectivity index (χ0n) is 16.8. The second kappa shape index (κ2) is 9.37. The van der Waals surface area contributed by atoms with Crippen LogP contribution in [0.5, 0.6) is 5.75 Å². The fourth-order valence-corrected chi connectivity index (χ4v) is 3.86. The van der Waals surface area contributed by atoms with Crippen molar-refractivity contribution in [3.8, 4) is 5.75 Å². The van der Waals surface area contributed by atoms with Crippen molar-refractivity contribution >= 4 is 46.3 Å². The van der Waals surface area contributed by atoms with Gasteiger partial charge in [-0.1, -0.05) is 41.4 Å². The van der Waals surface area contributed by atoms with E-state index in [0.717, 1.165) is 24.3 Å². The highest BCUT2D eigenvalue weighted by atomic mass is 35.5. The smallest absolute Gasteiger partial charge is 0.261 e. The van der Waals surface area contributed by atoms with E-state index in [4.69, 9.17) is 27.9 Å². The summed E-state index contributed by atoms with van der Waals surface area (Å²) in [6.45, 7) is 1.23. The Bertz CT molecular complexity index is 1280. The summed E-state index contributed by atoms with van der Waals surface area (Å²) in [5.41, 5.74) is 1.23. The van der Waals surface area contributed by atoms with Gasteiger partial charge < -0.3 is 9.30 Å². The molecule has 0 saturated carbocycles. The van der Waals surface area contributed by atoms with Crippen molar-refractivity contribution in [2.24, 2.45) is 0 Å². The van der Waals surface area contributed by atoms with Crippen molar-refractivity contribution in [3.63, 3.8) is 0 Å². The Kier molecular flexibility index (Phi) is 6.39. The fraction of sp³-hybridized carbons (Fsp3) is 0.174. The maximum Gasteiger partial charge on any atom is 0.261 e. The Hall–Kier alpha value is -3.09. The lowest BCUT2D eigenvalue weighted by molar-refractivity contribution is 0.415. The van der Waals surface area contributed by atoms with Gasteiger partial charge in [0.15, 0.2) is 0 Å². The number of benzene rings is 2. The molecule has 158 valence electrons. The highest BCUT2D eigenvalue weighted by Gasteiger charge is 2.13. The third-order valence-corrected chi connectivity index (χ3v) is 5.41. The second-order valence-electron chi connectivity index (χ2n) is 6.97. The highest BCUT2D eigenvalue weighted by Crippen LogP contribution is 2.25. The number of hydrogen-bond donors (Lipinski definition) is 0. The van der Waals surface area contributed by atoms with E-state index in [9.17, 15) is 4.79 Å². The normalized spacial score (nSPS) is 11.5. The van der Waals surface area contributed by atoms with Crippen LogP contribution in [-0.2, 0) is 13.1 Å². The third-order valence-electron chi connectivity index (χ3n) is 4.90. The molecule has 0 amide bonds. The maximum absolute atomic E-state index is 13.3. The van der Waals surface area contributed by atoms with E-state index in [1.807, 2.05) is 47.2 Å². The van der Waals surface area contributed by atoms with Crippen LogP contribution in [0.4, 0.5) is 0 Å². The molecule has 0 spiro atoms. The summed E-state index contributed by atoms with van der Waals surface area (Å²) in [7, 11) is 1.63. The topological polar surface area (TPSA) is 61.9 Å². The first-order valence-corrected chi connectivity index (χ1v) is 10.5. The van der Waals surface area contributed by atoms with Gasteiger partial charge in [-0.15, -0.1) is 0 Å². The standard InChI is InChI=1S/C23H20Cl2N4O2/c1-31-18-6-3-16(4-7-18)5-8-21-27-22-19(13-17(24)14-20(22)25)23(30)29(21)11-2-10-28-12-9-26-15-28/h3-9,12-15H,2,10-11H2,1H3/b8-5+. The summed E-state index contributed by atoms with van der Waals surface area (Å²) in [5, 5.41) is 1.16. The average molecular weight is 455 g/mol. The molecule has 8 heteroatoms. The van der Waals surface area contributed by atoms with Crippen molar-refractivity contribution in [1.29, 1.82) is 0 Å². The van der Waals surface area contributed by atoms with Crippen molar-refractivity contribution in [3.05, 3.63) is 86.9 Å². The number of hydrogen-bond acceptors (Lipinski definition) is 4. The van der Waals surface area contributed by atoms with Crippen LogP contribution >= 0.6 is 23.2 Å². The van der Waals surface area contributed by atoms with Gasteiger partial charge in [0.05, 0.1) is 29.4 Å². The SMILES string of the molecule is COc1ccc(/C=C/c2nc3c(Cl)cc(Cl)cc3c(=O)n2CCCn2ccnc2)cc1. The van der Waals surface area contributed by atoms with E-state index in [1.54, 1.807) is 36.3 Å². The number of ether oxygens (including phenoxy) is 1. The number of halogens is 2. The zero-order chi connectivity index (χ0) is 21.8. The molecule has 6 nitrogen and oxygen atoms in total. The molecule has 4 rings (SSSR count). The molecule has 2 aromatic carbocycles. The van der Waals surface area contributed by atoms with Crippen molar-refractivity contribution in [2.75, 3.05) is 7.11 Å². The molecule has 0 saturated heterocycles. The summed E-state index contributed by atoms with van der Waals surface area (Å²) in [6.07, 6.45) is 9.85. The first-order valence-electron chi connectivity index (χ1n) is 9.72. The second-order valence-corrected chi connectivity index (χ2v) is 7.81. The van der Waals surface area contributed by atoms with E-state index >= 15 is 0 Å². The van der Waals surface area contributed by atoms with Crippen LogP contribution in [-0.4, -0.2) is 26.2 Å². The fourth-order valence-electron chi connectivity index (χ4n) is 3.33. The van der Waals surface area contributed by atoms with Gasteiger partial charge in [-0.05, 0) is 42.3 Å². The van der Waals surface area contributed by atoms with Gasteiger partial charge in [0.1, 0.15) is 11.6 Å². The van der Waals surface area contributed by atoms with Gasteiger partial charge in [0, 0.05) is 30.5 Å². The minimum Gasteiger partial charge on any atom is -0.497 e. The Morgan fingerprint density at radius 1 is 1.10 bits per heavy atom. The van der Waals surface area contributed by atoms with Gasteiger partial charge in [0.2, 0.25) is 0 Å².